The fourth-order valence-corrected chi connectivity index (χ4v) is 1.21. The van der Waals surface area contributed by atoms with Gasteiger partial charge in [0, 0.05) is 19.2 Å². The van der Waals surface area contributed by atoms with Crippen LogP contribution < -0.4 is 5.32 Å². The van der Waals surface area contributed by atoms with E-state index in [0.29, 0.717) is 19.4 Å². The number of unbranched alkanes of at least 4 members (excludes halogenated alkanes) is 1. The Morgan fingerprint density at radius 3 is 2.94 bits per heavy atom. The lowest BCUT2D eigenvalue weighted by molar-refractivity contribution is 0.0690. The lowest BCUT2D eigenvalue weighted by Gasteiger charge is -2.05. The van der Waals surface area contributed by atoms with E-state index >= 15 is 0 Å². The van der Waals surface area contributed by atoms with E-state index in [0.717, 1.165) is 0 Å². The molecule has 17 heavy (non-hydrogen) atoms. The third kappa shape index (κ3) is 3.57. The number of nitriles is 1. The number of hydrogen-bond donors (Lipinski definition) is 2. The van der Waals surface area contributed by atoms with E-state index in [-0.39, 0.29) is 11.3 Å². The zero-order valence-corrected chi connectivity index (χ0v) is 9.01. The Balaban J connectivity index is 2.69. The monoisotopic (exact) mass is 233 g/mol. The minimum atomic E-state index is -1.19. The number of carbonyl (C=O) groups excluding carboxylic acids is 1. The van der Waals surface area contributed by atoms with E-state index in [4.69, 9.17) is 10.4 Å². The number of nitrogens with zero attached hydrogens (tertiary/aromatic N) is 2. The maximum Gasteiger partial charge on any atom is 0.338 e. The Labute approximate surface area is 97.9 Å². The van der Waals surface area contributed by atoms with Crippen LogP contribution in [-0.2, 0) is 0 Å². The molecule has 0 spiro atoms. The Hall–Kier alpha value is -2.42. The first kappa shape index (κ1) is 12.6. The molecule has 0 aliphatic carbocycles. The summed E-state index contributed by atoms with van der Waals surface area (Å²) in [4.78, 5) is 26.2. The molecule has 1 rings (SSSR count). The number of carboxylic acids is 1. The molecule has 88 valence electrons. The van der Waals surface area contributed by atoms with Gasteiger partial charge in [-0.25, -0.2) is 4.79 Å². The molecule has 0 unspecified atom stereocenters. The molecule has 0 aliphatic rings. The van der Waals surface area contributed by atoms with E-state index < -0.39 is 11.9 Å². The molecular formula is C11H11N3O3. The van der Waals surface area contributed by atoms with E-state index in [1.54, 1.807) is 0 Å². The minimum absolute atomic E-state index is 0.114. The molecule has 0 radical (unpaired) electrons. The molecule has 6 nitrogen and oxygen atoms in total. The Bertz CT molecular complexity index is 465. The van der Waals surface area contributed by atoms with Gasteiger partial charge in [0.15, 0.2) is 0 Å². The molecule has 0 aliphatic heterocycles. The molecule has 0 saturated heterocycles. The topological polar surface area (TPSA) is 103 Å². The van der Waals surface area contributed by atoms with Gasteiger partial charge >= 0.3 is 5.97 Å². The van der Waals surface area contributed by atoms with Gasteiger partial charge in [0.1, 0.15) is 5.69 Å². The van der Waals surface area contributed by atoms with Crippen molar-refractivity contribution in [1.82, 2.24) is 10.3 Å². The minimum Gasteiger partial charge on any atom is -0.478 e. The van der Waals surface area contributed by atoms with E-state index in [1.807, 2.05) is 6.07 Å². The summed E-state index contributed by atoms with van der Waals surface area (Å²) in [6.07, 6.45) is 2.22. The number of aromatic nitrogens is 1. The van der Waals surface area contributed by atoms with E-state index in [1.165, 1.54) is 18.3 Å². The predicted octanol–water partition coefficient (Wildman–Crippen LogP) is 0.813. The van der Waals surface area contributed by atoms with Crippen molar-refractivity contribution >= 4 is 11.9 Å². The molecule has 0 saturated carbocycles. The van der Waals surface area contributed by atoms with Crippen LogP contribution in [0.15, 0.2) is 18.3 Å². The van der Waals surface area contributed by atoms with Crippen LogP contribution in [-0.4, -0.2) is 28.5 Å². The Morgan fingerprint density at radius 2 is 2.29 bits per heavy atom. The predicted molar refractivity (Wildman–Crippen MR) is 58.4 cm³/mol. The van der Waals surface area contributed by atoms with Gasteiger partial charge < -0.3 is 10.4 Å². The van der Waals surface area contributed by atoms with Crippen molar-refractivity contribution in [2.45, 2.75) is 12.8 Å². The van der Waals surface area contributed by atoms with Crippen molar-refractivity contribution in [3.05, 3.63) is 29.6 Å². The molecule has 1 heterocycles. The van der Waals surface area contributed by atoms with Gasteiger partial charge in [-0.05, 0) is 18.6 Å². The Kier molecular flexibility index (Phi) is 4.63. The van der Waals surface area contributed by atoms with Gasteiger partial charge in [-0.1, -0.05) is 0 Å². The second-order valence-corrected chi connectivity index (χ2v) is 3.22. The number of hydrogen-bond acceptors (Lipinski definition) is 4. The standard InChI is InChI=1S/C11H11N3O3/c12-5-1-2-6-14-10(15)9-8(11(16)17)4-3-7-13-9/h3-4,7H,1-2,6H2,(H,14,15)(H,16,17). The third-order valence-electron chi connectivity index (χ3n) is 2.00. The van der Waals surface area contributed by atoms with E-state index in [9.17, 15) is 9.59 Å². The van der Waals surface area contributed by atoms with Crippen molar-refractivity contribution in [3.8, 4) is 6.07 Å². The van der Waals surface area contributed by atoms with Crippen LogP contribution >= 0.6 is 0 Å². The third-order valence-corrected chi connectivity index (χ3v) is 2.00. The van der Waals surface area contributed by atoms with Crippen LogP contribution in [0.25, 0.3) is 0 Å². The van der Waals surface area contributed by atoms with E-state index in [2.05, 4.69) is 10.3 Å². The molecule has 0 atom stereocenters. The normalized spacial score (nSPS) is 9.35. The molecule has 0 bridgehead atoms. The zero-order chi connectivity index (χ0) is 12.7. The van der Waals surface area contributed by atoms with Crippen LogP contribution in [0.2, 0.25) is 0 Å². The van der Waals surface area contributed by atoms with Gasteiger partial charge in [0.05, 0.1) is 11.6 Å². The average Bonchev–Trinajstić information content (AvgIpc) is 2.34. The molecular weight excluding hydrogens is 222 g/mol. The van der Waals surface area contributed by atoms with Gasteiger partial charge in [-0.15, -0.1) is 0 Å². The number of rotatable bonds is 5. The fourth-order valence-electron chi connectivity index (χ4n) is 1.21. The molecule has 1 amide bonds. The second-order valence-electron chi connectivity index (χ2n) is 3.22. The molecule has 0 fully saturated rings. The van der Waals surface area contributed by atoms with Crippen molar-refractivity contribution in [2.75, 3.05) is 6.54 Å². The molecule has 6 heteroatoms. The highest BCUT2D eigenvalue weighted by atomic mass is 16.4. The summed E-state index contributed by atoms with van der Waals surface area (Å²) in [7, 11) is 0. The number of pyridine rings is 1. The highest BCUT2D eigenvalue weighted by Gasteiger charge is 2.16. The lowest BCUT2D eigenvalue weighted by Crippen LogP contribution is -2.27. The number of carboxylic acid groups (broad SMARTS) is 1. The Morgan fingerprint density at radius 1 is 1.53 bits per heavy atom. The number of amides is 1. The smallest absolute Gasteiger partial charge is 0.338 e. The summed E-state index contributed by atoms with van der Waals surface area (Å²) >= 11 is 0. The number of nitrogens with one attached hydrogen (secondary N) is 1. The SMILES string of the molecule is N#CCCCNC(=O)c1ncccc1C(=O)O. The van der Waals surface area contributed by atoms with Crippen molar-refractivity contribution < 1.29 is 14.7 Å². The summed E-state index contributed by atoms with van der Waals surface area (Å²) in [5, 5.41) is 19.7. The van der Waals surface area contributed by atoms with Crippen LogP contribution in [0.5, 0.6) is 0 Å². The van der Waals surface area contributed by atoms with Crippen molar-refractivity contribution in [2.24, 2.45) is 0 Å². The quantitative estimate of drug-likeness (QED) is 0.732. The fraction of sp³-hybridized carbons (Fsp3) is 0.273. The van der Waals surface area contributed by atoms with Gasteiger partial charge in [-0.2, -0.15) is 5.26 Å². The van der Waals surface area contributed by atoms with Crippen molar-refractivity contribution in [3.63, 3.8) is 0 Å². The van der Waals surface area contributed by atoms with Crippen molar-refractivity contribution in [1.29, 1.82) is 5.26 Å². The lowest BCUT2D eigenvalue weighted by atomic mass is 10.2. The van der Waals surface area contributed by atoms with Crippen LogP contribution in [0.4, 0.5) is 0 Å². The first-order valence-electron chi connectivity index (χ1n) is 5.00. The van der Waals surface area contributed by atoms with Crippen LogP contribution in [0, 0.1) is 11.3 Å². The van der Waals surface area contributed by atoms with Crippen LogP contribution in [0.1, 0.15) is 33.7 Å². The maximum atomic E-state index is 11.6. The number of aromatic carboxylic acids is 1. The summed E-state index contributed by atoms with van der Waals surface area (Å²) in [5.41, 5.74) is -0.248. The first-order valence-corrected chi connectivity index (χ1v) is 5.00. The molecule has 0 aromatic carbocycles. The summed E-state index contributed by atoms with van der Waals surface area (Å²) in [6, 6.07) is 4.72. The molecule has 1 aromatic heterocycles. The van der Waals surface area contributed by atoms with Gasteiger partial charge in [0.2, 0.25) is 0 Å². The summed E-state index contributed by atoms with van der Waals surface area (Å²) in [6.45, 7) is 0.321. The second kappa shape index (κ2) is 6.23. The summed E-state index contributed by atoms with van der Waals surface area (Å²) < 4.78 is 0. The largest absolute Gasteiger partial charge is 0.478 e. The highest BCUT2D eigenvalue weighted by molar-refractivity contribution is 6.03. The summed E-state index contributed by atoms with van der Waals surface area (Å²) in [5.74, 6) is -1.73. The zero-order valence-electron chi connectivity index (χ0n) is 9.01. The van der Waals surface area contributed by atoms with Crippen LogP contribution in [0.3, 0.4) is 0 Å². The first-order chi connectivity index (χ1) is 8.16. The number of carbonyl (C=O) groups is 2. The average molecular weight is 233 g/mol. The molecule has 2 N–H and O–H groups in total. The maximum absolute atomic E-state index is 11.6. The van der Waals surface area contributed by atoms with Gasteiger partial charge in [-0.3, -0.25) is 9.78 Å². The van der Waals surface area contributed by atoms with Gasteiger partial charge in [0.25, 0.3) is 5.91 Å². The highest BCUT2D eigenvalue weighted by Crippen LogP contribution is 2.05. The molecule has 1 aromatic rings.